The Morgan fingerprint density at radius 2 is 1.95 bits per heavy atom. The molecule has 1 aliphatic heterocycles. The van der Waals surface area contributed by atoms with Crippen LogP contribution in [0.25, 0.3) is 0 Å². The second-order valence-corrected chi connectivity index (χ2v) is 6.83. The predicted molar refractivity (Wildman–Crippen MR) is 84.3 cm³/mol. The molecule has 1 N–H and O–H groups in total. The summed E-state index contributed by atoms with van der Waals surface area (Å²) < 4.78 is 5.36. The van der Waals surface area contributed by atoms with Crippen LogP contribution in [0.5, 0.6) is 0 Å². The summed E-state index contributed by atoms with van der Waals surface area (Å²) >= 11 is 0. The highest BCUT2D eigenvalue weighted by Crippen LogP contribution is 2.21. The second-order valence-electron chi connectivity index (χ2n) is 6.83. The summed E-state index contributed by atoms with van der Waals surface area (Å²) in [6.45, 7) is 11.4. The average Bonchev–Trinajstić information content (AvgIpc) is 2.31. The molecule has 0 radical (unpaired) electrons. The standard InChI is InChI=1S/C17H26N2O2/c1-12-8-6-7-9-15(12)13(2)18-14-10-19(11-14)16(20)21-17(3,4)5/h6-9,13-14,18H,10-11H2,1-5H3/t13-/m1/s1. The van der Waals surface area contributed by atoms with Gasteiger partial charge in [-0.2, -0.15) is 0 Å². The molecular weight excluding hydrogens is 264 g/mol. The molecule has 1 saturated heterocycles. The Kier molecular flexibility index (Phi) is 4.57. The summed E-state index contributed by atoms with van der Waals surface area (Å²) in [5.41, 5.74) is 2.18. The lowest BCUT2D eigenvalue weighted by Crippen LogP contribution is -2.60. The molecule has 1 atom stereocenters. The first-order chi connectivity index (χ1) is 9.76. The summed E-state index contributed by atoms with van der Waals surface area (Å²) in [6, 6.07) is 9.02. The normalized spacial score (nSPS) is 17.3. The maximum Gasteiger partial charge on any atom is 0.410 e. The number of hydrogen-bond donors (Lipinski definition) is 1. The maximum absolute atomic E-state index is 11.9. The van der Waals surface area contributed by atoms with E-state index in [4.69, 9.17) is 4.74 Å². The van der Waals surface area contributed by atoms with E-state index in [-0.39, 0.29) is 12.1 Å². The van der Waals surface area contributed by atoms with E-state index in [1.165, 1.54) is 11.1 Å². The van der Waals surface area contributed by atoms with Crippen molar-refractivity contribution < 1.29 is 9.53 Å². The Hall–Kier alpha value is -1.55. The number of carbonyl (C=O) groups is 1. The fraction of sp³-hybridized carbons (Fsp3) is 0.588. The minimum absolute atomic E-state index is 0.218. The van der Waals surface area contributed by atoms with Crippen LogP contribution in [0.3, 0.4) is 0 Å². The number of nitrogens with zero attached hydrogens (tertiary/aromatic N) is 1. The summed E-state index contributed by atoms with van der Waals surface area (Å²) in [5.74, 6) is 0. The van der Waals surface area contributed by atoms with Gasteiger partial charge in [-0.15, -0.1) is 0 Å². The van der Waals surface area contributed by atoms with Gasteiger partial charge in [0.05, 0.1) is 0 Å². The van der Waals surface area contributed by atoms with Crippen LogP contribution < -0.4 is 5.32 Å². The van der Waals surface area contributed by atoms with E-state index in [9.17, 15) is 4.79 Å². The van der Waals surface area contributed by atoms with Crippen molar-refractivity contribution in [2.24, 2.45) is 0 Å². The van der Waals surface area contributed by atoms with E-state index in [0.717, 1.165) is 0 Å². The third-order valence-electron chi connectivity index (χ3n) is 3.67. The lowest BCUT2D eigenvalue weighted by molar-refractivity contribution is 0.00433. The van der Waals surface area contributed by atoms with Gasteiger partial charge in [0.25, 0.3) is 0 Å². The first-order valence-electron chi connectivity index (χ1n) is 7.56. The summed E-state index contributed by atoms with van der Waals surface area (Å²) in [5, 5.41) is 3.57. The first kappa shape index (κ1) is 15.8. The molecule has 116 valence electrons. The van der Waals surface area contributed by atoms with E-state index in [2.05, 4.69) is 43.4 Å². The van der Waals surface area contributed by atoms with Gasteiger partial charge in [-0.1, -0.05) is 24.3 Å². The van der Waals surface area contributed by atoms with Gasteiger partial charge in [-0.05, 0) is 45.7 Å². The molecule has 1 fully saturated rings. The molecule has 21 heavy (non-hydrogen) atoms. The zero-order valence-electron chi connectivity index (χ0n) is 13.6. The Morgan fingerprint density at radius 3 is 2.52 bits per heavy atom. The fourth-order valence-corrected chi connectivity index (χ4v) is 2.58. The molecule has 0 unspecified atom stereocenters. The Labute approximate surface area is 127 Å². The summed E-state index contributed by atoms with van der Waals surface area (Å²) in [6.07, 6.45) is -0.218. The van der Waals surface area contributed by atoms with Crippen LogP contribution in [0, 0.1) is 6.92 Å². The molecule has 4 heteroatoms. The number of aryl methyl sites for hydroxylation is 1. The molecule has 0 aliphatic carbocycles. The highest BCUT2D eigenvalue weighted by atomic mass is 16.6. The number of likely N-dealkylation sites (tertiary alicyclic amines) is 1. The van der Waals surface area contributed by atoms with Crippen LogP contribution >= 0.6 is 0 Å². The number of benzene rings is 1. The van der Waals surface area contributed by atoms with Gasteiger partial charge in [-0.3, -0.25) is 0 Å². The molecule has 1 aliphatic rings. The van der Waals surface area contributed by atoms with E-state index in [0.29, 0.717) is 19.1 Å². The Morgan fingerprint density at radius 1 is 1.33 bits per heavy atom. The Balaban J connectivity index is 1.81. The highest BCUT2D eigenvalue weighted by Gasteiger charge is 2.34. The van der Waals surface area contributed by atoms with Crippen LogP contribution in [0.15, 0.2) is 24.3 Å². The molecule has 1 heterocycles. The Bertz CT molecular complexity index is 502. The van der Waals surface area contributed by atoms with Crippen LogP contribution in [0.2, 0.25) is 0 Å². The monoisotopic (exact) mass is 290 g/mol. The van der Waals surface area contributed by atoms with Gasteiger partial charge >= 0.3 is 6.09 Å². The number of nitrogens with one attached hydrogen (secondary N) is 1. The third-order valence-corrected chi connectivity index (χ3v) is 3.67. The molecule has 0 bridgehead atoms. The van der Waals surface area contributed by atoms with Gasteiger partial charge in [0.15, 0.2) is 0 Å². The molecule has 0 saturated carbocycles. The molecule has 1 aromatic carbocycles. The van der Waals surface area contributed by atoms with Crippen molar-refractivity contribution in [3.05, 3.63) is 35.4 Å². The van der Waals surface area contributed by atoms with E-state index in [1.54, 1.807) is 4.90 Å². The number of amides is 1. The van der Waals surface area contributed by atoms with Crippen molar-refractivity contribution in [1.82, 2.24) is 10.2 Å². The molecule has 1 aromatic rings. The van der Waals surface area contributed by atoms with Gasteiger partial charge in [0, 0.05) is 25.2 Å². The van der Waals surface area contributed by atoms with Crippen LogP contribution in [-0.4, -0.2) is 35.7 Å². The molecule has 4 nitrogen and oxygen atoms in total. The highest BCUT2D eigenvalue weighted by molar-refractivity contribution is 5.69. The van der Waals surface area contributed by atoms with Gasteiger partial charge in [0.2, 0.25) is 0 Å². The zero-order valence-corrected chi connectivity index (χ0v) is 13.6. The van der Waals surface area contributed by atoms with Crippen LogP contribution in [0.1, 0.15) is 44.9 Å². The largest absolute Gasteiger partial charge is 0.444 e. The van der Waals surface area contributed by atoms with Gasteiger partial charge in [-0.25, -0.2) is 4.79 Å². The summed E-state index contributed by atoms with van der Waals surface area (Å²) in [4.78, 5) is 13.6. The maximum atomic E-state index is 11.9. The SMILES string of the molecule is Cc1ccccc1[C@@H](C)NC1CN(C(=O)OC(C)(C)C)C1. The third kappa shape index (κ3) is 4.21. The number of hydrogen-bond acceptors (Lipinski definition) is 3. The lowest BCUT2D eigenvalue weighted by atomic mass is 10.0. The van der Waals surface area contributed by atoms with Gasteiger partial charge < -0.3 is 15.0 Å². The minimum Gasteiger partial charge on any atom is -0.444 e. The second kappa shape index (κ2) is 6.06. The molecule has 0 spiro atoms. The van der Waals surface area contributed by atoms with Crippen molar-refractivity contribution in [3.63, 3.8) is 0 Å². The zero-order chi connectivity index (χ0) is 15.6. The average molecular weight is 290 g/mol. The minimum atomic E-state index is -0.427. The quantitative estimate of drug-likeness (QED) is 0.929. The molecule has 0 aromatic heterocycles. The van der Waals surface area contributed by atoms with E-state index >= 15 is 0 Å². The van der Waals surface area contributed by atoms with Gasteiger partial charge in [0.1, 0.15) is 5.60 Å². The molecule has 2 rings (SSSR count). The van der Waals surface area contributed by atoms with Crippen molar-refractivity contribution in [2.75, 3.05) is 13.1 Å². The van der Waals surface area contributed by atoms with E-state index in [1.807, 2.05) is 20.8 Å². The van der Waals surface area contributed by atoms with Crippen molar-refractivity contribution in [2.45, 2.75) is 52.3 Å². The van der Waals surface area contributed by atoms with Crippen LogP contribution in [0.4, 0.5) is 4.79 Å². The molecular formula is C17H26N2O2. The van der Waals surface area contributed by atoms with Crippen molar-refractivity contribution in [1.29, 1.82) is 0 Å². The summed E-state index contributed by atoms with van der Waals surface area (Å²) in [7, 11) is 0. The number of rotatable bonds is 3. The first-order valence-corrected chi connectivity index (χ1v) is 7.56. The van der Waals surface area contributed by atoms with Crippen molar-refractivity contribution >= 4 is 6.09 Å². The van der Waals surface area contributed by atoms with Crippen LogP contribution in [-0.2, 0) is 4.74 Å². The van der Waals surface area contributed by atoms with E-state index < -0.39 is 5.60 Å². The fourth-order valence-electron chi connectivity index (χ4n) is 2.58. The molecule has 1 amide bonds. The lowest BCUT2D eigenvalue weighted by Gasteiger charge is -2.41. The number of ether oxygens (including phenoxy) is 1. The smallest absolute Gasteiger partial charge is 0.410 e. The van der Waals surface area contributed by atoms with Crippen molar-refractivity contribution in [3.8, 4) is 0 Å². The number of carbonyl (C=O) groups excluding carboxylic acids is 1. The topological polar surface area (TPSA) is 41.6 Å². The predicted octanol–water partition coefficient (Wildman–Crippen LogP) is 3.26.